The molecule has 10 heteroatoms. The zero-order chi connectivity index (χ0) is 25.0. The van der Waals surface area contributed by atoms with Gasteiger partial charge in [-0.3, -0.25) is 19.7 Å². The first-order valence-electron chi connectivity index (χ1n) is 10.7. The molecule has 0 aromatic heterocycles. The lowest BCUT2D eigenvalue weighted by atomic mass is 10.2. The second-order valence-electron chi connectivity index (χ2n) is 7.30. The van der Waals surface area contributed by atoms with Crippen LogP contribution in [0.2, 0.25) is 0 Å². The standard InChI is InChI=1S/C25H24N4O6/c1-34-22-10-6-5-9-20(22)27-24(30)13-14-25(31)28-26-16-19-11-12-23(21(15-19)29(32)33)35-17-18-7-3-2-4-8-18/h2-12,15-16H,13-14,17H2,1H3,(H,27,30)(H,28,31). The Kier molecular flexibility index (Phi) is 8.89. The van der Waals surface area contributed by atoms with Gasteiger partial charge in [0, 0.05) is 24.5 Å². The van der Waals surface area contributed by atoms with Crippen molar-refractivity contribution in [2.45, 2.75) is 19.4 Å². The van der Waals surface area contributed by atoms with E-state index in [0.29, 0.717) is 17.0 Å². The zero-order valence-electron chi connectivity index (χ0n) is 19.0. The number of nitro benzene ring substituents is 1. The van der Waals surface area contributed by atoms with Gasteiger partial charge in [0.15, 0.2) is 5.75 Å². The van der Waals surface area contributed by atoms with Crippen LogP contribution in [0.4, 0.5) is 11.4 Å². The fraction of sp³-hybridized carbons (Fsp3) is 0.160. The van der Waals surface area contributed by atoms with Gasteiger partial charge in [0.2, 0.25) is 11.8 Å². The molecule has 3 rings (SSSR count). The molecular formula is C25H24N4O6. The van der Waals surface area contributed by atoms with Crippen molar-refractivity contribution in [3.8, 4) is 11.5 Å². The van der Waals surface area contributed by atoms with E-state index in [0.717, 1.165) is 5.56 Å². The van der Waals surface area contributed by atoms with Gasteiger partial charge in [0.1, 0.15) is 12.4 Å². The molecule has 0 aliphatic rings. The minimum atomic E-state index is -0.545. The molecule has 0 fully saturated rings. The minimum Gasteiger partial charge on any atom is -0.495 e. The van der Waals surface area contributed by atoms with Crippen LogP contribution in [0, 0.1) is 10.1 Å². The van der Waals surface area contributed by atoms with Crippen molar-refractivity contribution in [3.63, 3.8) is 0 Å². The fourth-order valence-electron chi connectivity index (χ4n) is 3.04. The molecule has 0 heterocycles. The van der Waals surface area contributed by atoms with Crippen molar-refractivity contribution in [2.24, 2.45) is 5.10 Å². The summed E-state index contributed by atoms with van der Waals surface area (Å²) in [4.78, 5) is 35.0. The van der Waals surface area contributed by atoms with Crippen LogP contribution in [0.25, 0.3) is 0 Å². The average molecular weight is 476 g/mol. The smallest absolute Gasteiger partial charge is 0.311 e. The van der Waals surface area contributed by atoms with Crippen molar-refractivity contribution in [1.29, 1.82) is 0 Å². The summed E-state index contributed by atoms with van der Waals surface area (Å²) in [6.45, 7) is 0.190. The number of ether oxygens (including phenoxy) is 2. The molecule has 10 nitrogen and oxygen atoms in total. The van der Waals surface area contributed by atoms with Crippen LogP contribution in [-0.4, -0.2) is 30.1 Å². The molecule has 0 radical (unpaired) electrons. The van der Waals surface area contributed by atoms with E-state index in [1.165, 1.54) is 25.5 Å². The van der Waals surface area contributed by atoms with E-state index >= 15 is 0 Å². The predicted octanol–water partition coefficient (Wildman–Crippen LogP) is 4.05. The van der Waals surface area contributed by atoms with Gasteiger partial charge in [-0.2, -0.15) is 5.10 Å². The van der Waals surface area contributed by atoms with Gasteiger partial charge >= 0.3 is 5.69 Å². The van der Waals surface area contributed by atoms with Crippen molar-refractivity contribution in [1.82, 2.24) is 5.43 Å². The van der Waals surface area contributed by atoms with Crippen molar-refractivity contribution in [3.05, 3.63) is 94.0 Å². The van der Waals surface area contributed by atoms with Crippen LogP contribution in [0.3, 0.4) is 0 Å². The van der Waals surface area contributed by atoms with Crippen LogP contribution < -0.4 is 20.2 Å². The molecule has 0 aliphatic heterocycles. The van der Waals surface area contributed by atoms with Gasteiger partial charge in [-0.1, -0.05) is 42.5 Å². The van der Waals surface area contributed by atoms with E-state index < -0.39 is 10.8 Å². The molecule has 35 heavy (non-hydrogen) atoms. The van der Waals surface area contributed by atoms with E-state index in [2.05, 4.69) is 15.8 Å². The summed E-state index contributed by atoms with van der Waals surface area (Å²) in [5, 5.41) is 18.0. The maximum absolute atomic E-state index is 12.1. The highest BCUT2D eigenvalue weighted by molar-refractivity contribution is 5.94. The highest BCUT2D eigenvalue weighted by Crippen LogP contribution is 2.28. The van der Waals surface area contributed by atoms with Crippen molar-refractivity contribution >= 4 is 29.4 Å². The summed E-state index contributed by atoms with van der Waals surface area (Å²) in [6, 6.07) is 20.6. The molecule has 0 unspecified atom stereocenters. The number of carbonyl (C=O) groups is 2. The molecule has 0 saturated heterocycles. The molecule has 0 bridgehead atoms. The summed E-state index contributed by atoms with van der Waals surface area (Å²) in [6.07, 6.45) is 1.13. The lowest BCUT2D eigenvalue weighted by Crippen LogP contribution is -2.20. The number of hydrogen-bond donors (Lipinski definition) is 2. The second kappa shape index (κ2) is 12.5. The van der Waals surface area contributed by atoms with Gasteiger partial charge in [-0.05, 0) is 29.8 Å². The number of amides is 2. The Labute approximate surface area is 201 Å². The van der Waals surface area contributed by atoms with E-state index in [1.54, 1.807) is 30.3 Å². The summed E-state index contributed by atoms with van der Waals surface area (Å²) in [5.74, 6) is -0.189. The minimum absolute atomic E-state index is 0.0572. The number of nitro groups is 1. The maximum atomic E-state index is 12.1. The van der Waals surface area contributed by atoms with Crippen molar-refractivity contribution < 1.29 is 24.0 Å². The van der Waals surface area contributed by atoms with E-state index in [1.807, 2.05) is 30.3 Å². The van der Waals surface area contributed by atoms with Gasteiger partial charge in [-0.25, -0.2) is 5.43 Å². The summed E-state index contributed by atoms with van der Waals surface area (Å²) in [7, 11) is 1.50. The first-order valence-corrected chi connectivity index (χ1v) is 10.7. The van der Waals surface area contributed by atoms with Gasteiger partial charge in [0.05, 0.1) is 23.9 Å². The average Bonchev–Trinajstić information content (AvgIpc) is 2.87. The third-order valence-corrected chi connectivity index (χ3v) is 4.78. The Balaban J connectivity index is 1.50. The molecule has 3 aromatic rings. The topological polar surface area (TPSA) is 132 Å². The van der Waals surface area contributed by atoms with E-state index in [9.17, 15) is 19.7 Å². The normalized spacial score (nSPS) is 10.5. The number of nitrogens with one attached hydrogen (secondary N) is 2. The van der Waals surface area contributed by atoms with Crippen LogP contribution in [0.1, 0.15) is 24.0 Å². The van der Waals surface area contributed by atoms with Gasteiger partial charge < -0.3 is 14.8 Å². The lowest BCUT2D eigenvalue weighted by Gasteiger charge is -2.09. The Morgan fingerprint density at radius 3 is 2.43 bits per heavy atom. The van der Waals surface area contributed by atoms with E-state index in [-0.39, 0.29) is 36.8 Å². The first-order chi connectivity index (χ1) is 17.0. The number of methoxy groups -OCH3 is 1. The molecule has 180 valence electrons. The molecule has 2 N–H and O–H groups in total. The largest absolute Gasteiger partial charge is 0.495 e. The van der Waals surface area contributed by atoms with Crippen molar-refractivity contribution in [2.75, 3.05) is 12.4 Å². The molecule has 0 saturated carbocycles. The van der Waals surface area contributed by atoms with Crippen LogP contribution in [0.15, 0.2) is 77.9 Å². The van der Waals surface area contributed by atoms with Crippen LogP contribution in [-0.2, 0) is 16.2 Å². The van der Waals surface area contributed by atoms with Crippen LogP contribution in [0.5, 0.6) is 11.5 Å². The Morgan fingerprint density at radius 2 is 1.69 bits per heavy atom. The Morgan fingerprint density at radius 1 is 0.971 bits per heavy atom. The monoisotopic (exact) mass is 476 g/mol. The van der Waals surface area contributed by atoms with Crippen LogP contribution >= 0.6 is 0 Å². The predicted molar refractivity (Wildman–Crippen MR) is 130 cm³/mol. The SMILES string of the molecule is COc1ccccc1NC(=O)CCC(=O)NN=Cc1ccc(OCc2ccccc2)c([N+](=O)[O-])c1. The molecule has 0 spiro atoms. The number of para-hydroxylation sites is 2. The number of benzene rings is 3. The molecular weight excluding hydrogens is 452 g/mol. The number of nitrogens with zero attached hydrogens (tertiary/aromatic N) is 2. The summed E-state index contributed by atoms with van der Waals surface area (Å²) < 4.78 is 10.8. The van der Waals surface area contributed by atoms with Gasteiger partial charge in [-0.15, -0.1) is 0 Å². The Hall–Kier alpha value is -4.73. The zero-order valence-corrected chi connectivity index (χ0v) is 19.0. The molecule has 2 amide bonds. The highest BCUT2D eigenvalue weighted by atomic mass is 16.6. The summed E-state index contributed by atoms with van der Waals surface area (Å²) in [5.41, 5.74) is 3.88. The molecule has 3 aromatic carbocycles. The Bertz CT molecular complexity index is 1210. The summed E-state index contributed by atoms with van der Waals surface area (Å²) >= 11 is 0. The first kappa shape index (κ1) is 24.9. The maximum Gasteiger partial charge on any atom is 0.311 e. The third-order valence-electron chi connectivity index (χ3n) is 4.78. The number of carbonyl (C=O) groups excluding carboxylic acids is 2. The third kappa shape index (κ3) is 7.67. The number of anilines is 1. The quantitative estimate of drug-likeness (QED) is 0.244. The second-order valence-corrected chi connectivity index (χ2v) is 7.30. The molecule has 0 aliphatic carbocycles. The molecule has 0 atom stereocenters. The van der Waals surface area contributed by atoms with E-state index in [4.69, 9.17) is 9.47 Å². The number of rotatable bonds is 11. The number of hydrazone groups is 1. The highest BCUT2D eigenvalue weighted by Gasteiger charge is 2.16. The number of hydrogen-bond acceptors (Lipinski definition) is 7. The lowest BCUT2D eigenvalue weighted by molar-refractivity contribution is -0.385. The fourth-order valence-corrected chi connectivity index (χ4v) is 3.04. The van der Waals surface area contributed by atoms with Gasteiger partial charge in [0.25, 0.3) is 0 Å².